The van der Waals surface area contributed by atoms with Crippen molar-refractivity contribution in [3.8, 4) is 6.07 Å². The van der Waals surface area contributed by atoms with Crippen LogP contribution in [-0.2, 0) is 9.53 Å². The third-order valence-corrected chi connectivity index (χ3v) is 2.87. The van der Waals surface area contributed by atoms with Crippen molar-refractivity contribution in [1.29, 1.82) is 5.26 Å². The van der Waals surface area contributed by atoms with Crippen LogP contribution in [0, 0.1) is 11.3 Å². The number of carbonyl (C=O) groups is 2. The Bertz CT molecular complexity index is 632. The molecule has 1 aromatic rings. The highest BCUT2D eigenvalue weighted by molar-refractivity contribution is 5.95. The van der Waals surface area contributed by atoms with E-state index in [2.05, 4.69) is 9.97 Å². The average molecular weight is 303 g/mol. The smallest absolute Gasteiger partial charge is 0.410 e. The van der Waals surface area contributed by atoms with Crippen molar-refractivity contribution in [1.82, 2.24) is 14.9 Å². The van der Waals surface area contributed by atoms with Crippen molar-refractivity contribution in [2.45, 2.75) is 26.4 Å². The van der Waals surface area contributed by atoms with Gasteiger partial charge in [0.05, 0.1) is 0 Å². The predicted octanol–water partition coefficient (Wildman–Crippen LogP) is 0.932. The molecule has 0 spiro atoms. The van der Waals surface area contributed by atoms with Crippen LogP contribution < -0.4 is 4.90 Å². The summed E-state index contributed by atoms with van der Waals surface area (Å²) in [5.41, 5.74) is -0.422. The largest absolute Gasteiger partial charge is 0.444 e. The third-order valence-electron chi connectivity index (χ3n) is 2.87. The van der Waals surface area contributed by atoms with E-state index in [1.807, 2.05) is 6.07 Å². The standard InChI is InChI=1S/C14H17N5O3/c1-14(2,3)22-13(21)18-6-7-19(11(20)9-18)12-16-5-4-10(8-15)17-12/h4-5H,6-7,9H2,1-3H3. The zero-order valence-corrected chi connectivity index (χ0v) is 12.7. The first-order chi connectivity index (χ1) is 10.3. The average Bonchev–Trinajstić information content (AvgIpc) is 2.45. The highest BCUT2D eigenvalue weighted by Gasteiger charge is 2.32. The van der Waals surface area contributed by atoms with Crippen molar-refractivity contribution < 1.29 is 14.3 Å². The monoisotopic (exact) mass is 303 g/mol. The second-order valence-corrected chi connectivity index (χ2v) is 5.80. The van der Waals surface area contributed by atoms with Gasteiger partial charge in [-0.15, -0.1) is 0 Å². The summed E-state index contributed by atoms with van der Waals surface area (Å²) in [6, 6.07) is 3.36. The molecule has 1 aromatic heterocycles. The molecule has 8 nitrogen and oxygen atoms in total. The molecule has 116 valence electrons. The summed E-state index contributed by atoms with van der Waals surface area (Å²) in [7, 11) is 0. The first-order valence-electron chi connectivity index (χ1n) is 6.81. The molecule has 0 unspecified atom stereocenters. The van der Waals surface area contributed by atoms with E-state index < -0.39 is 11.7 Å². The van der Waals surface area contributed by atoms with Gasteiger partial charge in [-0.25, -0.2) is 14.8 Å². The zero-order valence-electron chi connectivity index (χ0n) is 12.7. The Morgan fingerprint density at radius 2 is 2.14 bits per heavy atom. The maximum atomic E-state index is 12.2. The third kappa shape index (κ3) is 3.69. The molecule has 0 radical (unpaired) electrons. The van der Waals surface area contributed by atoms with E-state index in [1.165, 1.54) is 22.1 Å². The normalized spacial score (nSPS) is 15.5. The van der Waals surface area contributed by atoms with Crippen LogP contribution in [0.2, 0.25) is 0 Å². The van der Waals surface area contributed by atoms with Crippen LogP contribution in [0.3, 0.4) is 0 Å². The van der Waals surface area contributed by atoms with Crippen LogP contribution >= 0.6 is 0 Å². The van der Waals surface area contributed by atoms with Gasteiger partial charge in [0.15, 0.2) is 0 Å². The summed E-state index contributed by atoms with van der Waals surface area (Å²) in [6.07, 6.45) is 0.904. The molecular formula is C14H17N5O3. The molecular weight excluding hydrogens is 286 g/mol. The molecule has 0 saturated carbocycles. The lowest BCUT2D eigenvalue weighted by atomic mass is 10.2. The first kappa shape index (κ1) is 15.7. The number of rotatable bonds is 1. The minimum atomic E-state index is -0.610. The van der Waals surface area contributed by atoms with E-state index in [4.69, 9.17) is 10.00 Å². The van der Waals surface area contributed by atoms with Crippen LogP contribution in [0.25, 0.3) is 0 Å². The van der Waals surface area contributed by atoms with Crippen LogP contribution in [0.5, 0.6) is 0 Å². The molecule has 0 N–H and O–H groups in total. The van der Waals surface area contributed by atoms with Crippen molar-refractivity contribution in [3.05, 3.63) is 18.0 Å². The second kappa shape index (κ2) is 5.97. The number of piperazine rings is 1. The molecule has 0 aromatic carbocycles. The highest BCUT2D eigenvalue weighted by atomic mass is 16.6. The maximum absolute atomic E-state index is 12.2. The van der Waals surface area contributed by atoms with Gasteiger partial charge in [-0.05, 0) is 26.8 Å². The fourth-order valence-corrected chi connectivity index (χ4v) is 1.91. The Labute approximate surface area is 128 Å². The predicted molar refractivity (Wildman–Crippen MR) is 76.9 cm³/mol. The van der Waals surface area contributed by atoms with Gasteiger partial charge in [0.25, 0.3) is 0 Å². The molecule has 1 fully saturated rings. The second-order valence-electron chi connectivity index (χ2n) is 5.80. The molecule has 0 atom stereocenters. The van der Waals surface area contributed by atoms with E-state index >= 15 is 0 Å². The zero-order chi connectivity index (χ0) is 16.3. The summed E-state index contributed by atoms with van der Waals surface area (Å²) < 4.78 is 5.24. The van der Waals surface area contributed by atoms with Crippen molar-refractivity contribution in [2.75, 3.05) is 24.5 Å². The molecule has 8 heteroatoms. The summed E-state index contributed by atoms with van der Waals surface area (Å²) in [5.74, 6) is -0.139. The van der Waals surface area contributed by atoms with Gasteiger partial charge in [0, 0.05) is 19.3 Å². The van der Waals surface area contributed by atoms with Gasteiger partial charge in [-0.1, -0.05) is 0 Å². The number of amides is 2. The van der Waals surface area contributed by atoms with E-state index in [1.54, 1.807) is 20.8 Å². The molecule has 2 rings (SSSR count). The van der Waals surface area contributed by atoms with E-state index in [0.29, 0.717) is 6.54 Å². The summed E-state index contributed by atoms with van der Waals surface area (Å²) in [6.45, 7) is 5.78. The highest BCUT2D eigenvalue weighted by Crippen LogP contribution is 2.15. The van der Waals surface area contributed by atoms with Crippen molar-refractivity contribution in [2.24, 2.45) is 0 Å². The lowest BCUT2D eigenvalue weighted by Gasteiger charge is -2.34. The van der Waals surface area contributed by atoms with Gasteiger partial charge >= 0.3 is 6.09 Å². The molecule has 0 aliphatic carbocycles. The number of anilines is 1. The minimum Gasteiger partial charge on any atom is -0.444 e. The maximum Gasteiger partial charge on any atom is 0.410 e. The SMILES string of the molecule is CC(C)(C)OC(=O)N1CCN(c2nccc(C#N)n2)C(=O)C1. The van der Waals surface area contributed by atoms with Crippen LogP contribution in [-0.4, -0.2) is 52.1 Å². The number of nitriles is 1. The molecule has 0 bridgehead atoms. The van der Waals surface area contributed by atoms with Crippen molar-refractivity contribution in [3.63, 3.8) is 0 Å². The number of aromatic nitrogens is 2. The minimum absolute atomic E-state index is 0.102. The number of nitrogens with zero attached hydrogens (tertiary/aromatic N) is 5. The van der Waals surface area contributed by atoms with E-state index in [-0.39, 0.29) is 30.6 Å². The summed E-state index contributed by atoms with van der Waals surface area (Å²) >= 11 is 0. The summed E-state index contributed by atoms with van der Waals surface area (Å²) in [4.78, 5) is 34.8. The van der Waals surface area contributed by atoms with Crippen molar-refractivity contribution >= 4 is 17.9 Å². The van der Waals surface area contributed by atoms with Crippen LogP contribution in [0.4, 0.5) is 10.7 Å². The topological polar surface area (TPSA) is 99.4 Å². The lowest BCUT2D eigenvalue weighted by Crippen LogP contribution is -2.53. The van der Waals surface area contributed by atoms with Gasteiger partial charge in [0.2, 0.25) is 11.9 Å². The Hall–Kier alpha value is -2.69. The Kier molecular flexibility index (Phi) is 4.26. The van der Waals surface area contributed by atoms with Gasteiger partial charge in [0.1, 0.15) is 23.9 Å². The van der Waals surface area contributed by atoms with Crippen LogP contribution in [0.1, 0.15) is 26.5 Å². The lowest BCUT2D eigenvalue weighted by molar-refractivity contribution is -0.121. The van der Waals surface area contributed by atoms with E-state index in [0.717, 1.165) is 0 Å². The molecule has 2 amide bonds. The molecule has 2 heterocycles. The fraction of sp³-hybridized carbons (Fsp3) is 0.500. The van der Waals surface area contributed by atoms with Crippen LogP contribution in [0.15, 0.2) is 12.3 Å². The Morgan fingerprint density at radius 1 is 1.41 bits per heavy atom. The molecule has 1 saturated heterocycles. The fourth-order valence-electron chi connectivity index (χ4n) is 1.91. The Balaban J connectivity index is 2.06. The number of ether oxygens (including phenoxy) is 1. The summed E-state index contributed by atoms with van der Waals surface area (Å²) in [5, 5.41) is 8.84. The first-order valence-corrected chi connectivity index (χ1v) is 6.81. The molecule has 22 heavy (non-hydrogen) atoms. The number of hydrogen-bond acceptors (Lipinski definition) is 6. The number of carbonyl (C=O) groups excluding carboxylic acids is 2. The van der Waals surface area contributed by atoms with E-state index in [9.17, 15) is 9.59 Å². The number of hydrogen-bond donors (Lipinski definition) is 0. The molecule has 1 aliphatic heterocycles. The molecule has 1 aliphatic rings. The van der Waals surface area contributed by atoms with Gasteiger partial charge in [-0.2, -0.15) is 5.26 Å². The Morgan fingerprint density at radius 3 is 2.73 bits per heavy atom. The van der Waals surface area contributed by atoms with Gasteiger partial charge < -0.3 is 4.74 Å². The van der Waals surface area contributed by atoms with Gasteiger partial charge in [-0.3, -0.25) is 14.6 Å². The quantitative estimate of drug-likeness (QED) is 0.765.